The van der Waals surface area contributed by atoms with Gasteiger partial charge in [0.05, 0.1) is 11.8 Å². The van der Waals surface area contributed by atoms with Crippen LogP contribution in [-0.2, 0) is 18.4 Å². The number of ether oxygens (including phenoxy) is 1. The highest BCUT2D eigenvalue weighted by Gasteiger charge is 2.12. The highest BCUT2D eigenvalue weighted by molar-refractivity contribution is 5.92. The molecule has 2 aromatic rings. The Morgan fingerprint density at radius 1 is 1.50 bits per heavy atom. The van der Waals surface area contributed by atoms with Crippen molar-refractivity contribution < 1.29 is 9.53 Å². The van der Waals surface area contributed by atoms with Crippen molar-refractivity contribution in [1.82, 2.24) is 9.78 Å². The van der Waals surface area contributed by atoms with E-state index < -0.39 is 0 Å². The molecule has 0 spiro atoms. The van der Waals surface area contributed by atoms with E-state index in [1.807, 2.05) is 7.05 Å². The summed E-state index contributed by atoms with van der Waals surface area (Å²) in [6.07, 6.45) is 3.47. The van der Waals surface area contributed by atoms with Crippen LogP contribution >= 0.6 is 0 Å². The third-order valence-corrected chi connectivity index (χ3v) is 2.72. The summed E-state index contributed by atoms with van der Waals surface area (Å²) in [5, 5.41) is 4.00. The predicted molar refractivity (Wildman–Crippen MR) is 67.9 cm³/mol. The normalized spacial score (nSPS) is 10.3. The van der Waals surface area contributed by atoms with Crippen LogP contribution in [0.3, 0.4) is 0 Å². The molecule has 1 aromatic heterocycles. The number of carbonyl (C=O) groups is 1. The second kappa shape index (κ2) is 4.91. The summed E-state index contributed by atoms with van der Waals surface area (Å²) in [5.41, 5.74) is 8.43. The minimum atomic E-state index is -0.372. The Morgan fingerprint density at radius 2 is 2.28 bits per heavy atom. The lowest BCUT2D eigenvalue weighted by Gasteiger charge is -2.07. The topological polar surface area (TPSA) is 70.1 Å². The molecule has 1 heterocycles. The fourth-order valence-corrected chi connectivity index (χ4v) is 1.65. The highest BCUT2D eigenvalue weighted by atomic mass is 16.5. The highest BCUT2D eigenvalue weighted by Crippen LogP contribution is 2.16. The minimum absolute atomic E-state index is 0.209. The predicted octanol–water partition coefficient (Wildman–Crippen LogP) is 1.67. The minimum Gasteiger partial charge on any atom is -0.457 e. The van der Waals surface area contributed by atoms with Gasteiger partial charge < -0.3 is 10.5 Å². The summed E-state index contributed by atoms with van der Waals surface area (Å²) in [7, 11) is 1.81. The molecule has 0 saturated heterocycles. The average Bonchev–Trinajstić information content (AvgIpc) is 2.76. The summed E-state index contributed by atoms with van der Waals surface area (Å²) in [6, 6.07) is 5.20. The Bertz CT molecular complexity index is 575. The molecule has 0 saturated carbocycles. The van der Waals surface area contributed by atoms with Crippen LogP contribution in [0.4, 0.5) is 5.69 Å². The molecule has 1 aromatic carbocycles. The second-order valence-electron chi connectivity index (χ2n) is 4.12. The zero-order valence-corrected chi connectivity index (χ0v) is 10.4. The van der Waals surface area contributed by atoms with Crippen LogP contribution in [0, 0.1) is 6.92 Å². The van der Waals surface area contributed by atoms with Crippen LogP contribution in [0.2, 0.25) is 0 Å². The number of carbonyl (C=O) groups excluding carboxylic acids is 1. The quantitative estimate of drug-likeness (QED) is 0.659. The summed E-state index contributed by atoms with van der Waals surface area (Å²) in [5.74, 6) is -0.372. The maximum absolute atomic E-state index is 11.9. The summed E-state index contributed by atoms with van der Waals surface area (Å²) in [4.78, 5) is 11.9. The smallest absolute Gasteiger partial charge is 0.338 e. The fraction of sp³-hybridized carbons (Fsp3) is 0.231. The number of rotatable bonds is 3. The van der Waals surface area contributed by atoms with E-state index in [0.29, 0.717) is 11.3 Å². The number of hydrogen-bond donors (Lipinski definition) is 1. The van der Waals surface area contributed by atoms with Crippen molar-refractivity contribution in [3.8, 4) is 0 Å². The molecule has 0 aliphatic heterocycles. The molecule has 0 aliphatic carbocycles. The van der Waals surface area contributed by atoms with Crippen molar-refractivity contribution in [2.75, 3.05) is 5.73 Å². The van der Waals surface area contributed by atoms with E-state index in [2.05, 4.69) is 5.10 Å². The molecule has 2 rings (SSSR count). The number of aryl methyl sites for hydroxylation is 1. The van der Waals surface area contributed by atoms with E-state index in [4.69, 9.17) is 10.5 Å². The lowest BCUT2D eigenvalue weighted by Crippen LogP contribution is -2.08. The molecule has 0 aliphatic rings. The molecule has 0 fully saturated rings. The van der Waals surface area contributed by atoms with Crippen LogP contribution in [0.25, 0.3) is 0 Å². The Hall–Kier alpha value is -2.30. The van der Waals surface area contributed by atoms with E-state index >= 15 is 0 Å². The Labute approximate surface area is 105 Å². The maximum Gasteiger partial charge on any atom is 0.338 e. The van der Waals surface area contributed by atoms with Gasteiger partial charge in [0.2, 0.25) is 0 Å². The van der Waals surface area contributed by atoms with Crippen molar-refractivity contribution in [2.24, 2.45) is 7.05 Å². The largest absolute Gasteiger partial charge is 0.457 e. The summed E-state index contributed by atoms with van der Waals surface area (Å²) in [6.45, 7) is 2.01. The second-order valence-corrected chi connectivity index (χ2v) is 4.12. The van der Waals surface area contributed by atoms with Gasteiger partial charge in [-0.05, 0) is 24.6 Å². The van der Waals surface area contributed by atoms with Crippen molar-refractivity contribution in [1.29, 1.82) is 0 Å². The SMILES string of the molecule is Cc1c(N)cccc1C(=O)OCc1cnn(C)c1. The first-order valence-corrected chi connectivity index (χ1v) is 5.57. The van der Waals surface area contributed by atoms with Gasteiger partial charge in [-0.2, -0.15) is 5.10 Å². The zero-order valence-electron chi connectivity index (χ0n) is 10.4. The number of nitrogen functional groups attached to an aromatic ring is 1. The molecule has 0 amide bonds. The molecular formula is C13H15N3O2. The van der Waals surface area contributed by atoms with Crippen molar-refractivity contribution in [3.63, 3.8) is 0 Å². The monoisotopic (exact) mass is 245 g/mol. The number of esters is 1. The van der Waals surface area contributed by atoms with Crippen LogP contribution in [-0.4, -0.2) is 15.7 Å². The number of aromatic nitrogens is 2. The molecule has 0 unspecified atom stereocenters. The molecule has 0 radical (unpaired) electrons. The van der Waals surface area contributed by atoms with E-state index in [1.54, 1.807) is 42.2 Å². The van der Waals surface area contributed by atoms with Crippen molar-refractivity contribution in [3.05, 3.63) is 47.3 Å². The van der Waals surface area contributed by atoms with Crippen LogP contribution < -0.4 is 5.73 Å². The summed E-state index contributed by atoms with van der Waals surface area (Å²) >= 11 is 0. The first-order chi connectivity index (χ1) is 8.58. The number of anilines is 1. The fourth-order valence-electron chi connectivity index (χ4n) is 1.65. The van der Waals surface area contributed by atoms with Gasteiger partial charge in [-0.1, -0.05) is 6.07 Å². The molecule has 5 nitrogen and oxygen atoms in total. The van der Waals surface area contributed by atoms with Gasteiger partial charge in [0, 0.05) is 24.5 Å². The lowest BCUT2D eigenvalue weighted by atomic mass is 10.1. The molecule has 0 bridgehead atoms. The Balaban J connectivity index is 2.06. The first-order valence-electron chi connectivity index (χ1n) is 5.57. The van der Waals surface area contributed by atoms with Gasteiger partial charge in [0.1, 0.15) is 6.61 Å². The third-order valence-electron chi connectivity index (χ3n) is 2.72. The Morgan fingerprint density at radius 3 is 2.94 bits per heavy atom. The van der Waals surface area contributed by atoms with Crippen LogP contribution in [0.15, 0.2) is 30.6 Å². The molecular weight excluding hydrogens is 230 g/mol. The number of benzene rings is 1. The molecule has 94 valence electrons. The molecule has 2 N–H and O–H groups in total. The van der Waals surface area contributed by atoms with Gasteiger partial charge in [-0.15, -0.1) is 0 Å². The number of hydrogen-bond acceptors (Lipinski definition) is 4. The van der Waals surface area contributed by atoms with E-state index in [0.717, 1.165) is 11.1 Å². The molecule has 0 atom stereocenters. The van der Waals surface area contributed by atoms with E-state index in [1.165, 1.54) is 0 Å². The summed E-state index contributed by atoms with van der Waals surface area (Å²) < 4.78 is 6.88. The maximum atomic E-state index is 11.9. The lowest BCUT2D eigenvalue weighted by molar-refractivity contribution is 0.0472. The molecule has 18 heavy (non-hydrogen) atoms. The van der Waals surface area contributed by atoms with Gasteiger partial charge in [0.15, 0.2) is 0 Å². The first kappa shape index (κ1) is 12.2. The van der Waals surface area contributed by atoms with Crippen LogP contribution in [0.5, 0.6) is 0 Å². The third kappa shape index (κ3) is 2.51. The molecule has 5 heteroatoms. The number of nitrogens with two attached hydrogens (primary N) is 1. The van der Waals surface area contributed by atoms with Gasteiger partial charge >= 0.3 is 5.97 Å². The van der Waals surface area contributed by atoms with E-state index in [9.17, 15) is 4.79 Å². The Kier molecular flexibility index (Phi) is 3.32. The number of nitrogens with zero attached hydrogens (tertiary/aromatic N) is 2. The van der Waals surface area contributed by atoms with Gasteiger partial charge in [-0.25, -0.2) is 4.79 Å². The zero-order chi connectivity index (χ0) is 13.1. The van der Waals surface area contributed by atoms with Gasteiger partial charge in [-0.3, -0.25) is 4.68 Å². The van der Waals surface area contributed by atoms with Crippen molar-refractivity contribution in [2.45, 2.75) is 13.5 Å². The van der Waals surface area contributed by atoms with E-state index in [-0.39, 0.29) is 12.6 Å². The van der Waals surface area contributed by atoms with Gasteiger partial charge in [0.25, 0.3) is 0 Å². The van der Waals surface area contributed by atoms with Crippen molar-refractivity contribution >= 4 is 11.7 Å². The standard InChI is InChI=1S/C13H15N3O2/c1-9-11(4-3-5-12(9)14)13(17)18-8-10-6-15-16(2)7-10/h3-7H,8,14H2,1-2H3. The van der Waals surface area contributed by atoms with Crippen LogP contribution in [0.1, 0.15) is 21.5 Å². The average molecular weight is 245 g/mol.